The summed E-state index contributed by atoms with van der Waals surface area (Å²) < 4.78 is 0. The number of carboxylic acid groups (broad SMARTS) is 2. The third kappa shape index (κ3) is 6.19. The van der Waals surface area contributed by atoms with Gasteiger partial charge in [-0.15, -0.1) is 6.58 Å². The Bertz CT molecular complexity index is 1570. The Morgan fingerprint density at radius 3 is 2.25 bits per heavy atom. The molecule has 7 nitrogen and oxygen atoms in total. The van der Waals surface area contributed by atoms with Gasteiger partial charge >= 0.3 is 11.9 Å². The van der Waals surface area contributed by atoms with Gasteiger partial charge < -0.3 is 20.4 Å². The normalized spacial score (nSPS) is 37.5. The third-order valence-corrected chi connectivity index (χ3v) is 16.5. The van der Waals surface area contributed by atoms with Crippen LogP contribution in [0.15, 0.2) is 43.0 Å². The molecule has 5 aliphatic carbocycles. The number of hydrogen-bond acceptors (Lipinski definition) is 4. The van der Waals surface area contributed by atoms with Gasteiger partial charge in [0.05, 0.1) is 11.0 Å². The van der Waals surface area contributed by atoms with E-state index in [0.29, 0.717) is 48.1 Å². The monoisotopic (exact) mass is 714 g/mol. The van der Waals surface area contributed by atoms with E-state index in [1.54, 1.807) is 12.1 Å². The zero-order valence-electron chi connectivity index (χ0n) is 32.9. The number of rotatable bonds is 13. The number of nitrogens with one attached hydrogen (secondary N) is 1. The summed E-state index contributed by atoms with van der Waals surface area (Å²) in [4.78, 5) is 39.2. The predicted molar refractivity (Wildman–Crippen MR) is 208 cm³/mol. The molecule has 286 valence electrons. The molecule has 1 amide bonds. The van der Waals surface area contributed by atoms with Crippen molar-refractivity contribution in [2.24, 2.45) is 56.7 Å². The minimum Gasteiger partial charge on any atom is -0.481 e. The molecule has 9 atom stereocenters. The first kappa shape index (κ1) is 38.8. The quantitative estimate of drug-likeness (QED) is 0.139. The molecule has 4 fully saturated rings. The number of benzene rings is 1. The molecule has 0 aromatic heterocycles. The number of nitrogens with zero attached hydrogens (tertiary/aromatic N) is 1. The molecular formula is C45H66N2O5. The topological polar surface area (TPSA) is 107 Å². The van der Waals surface area contributed by atoms with E-state index in [2.05, 4.69) is 70.5 Å². The molecule has 7 heteroatoms. The van der Waals surface area contributed by atoms with Crippen molar-refractivity contribution in [3.63, 3.8) is 0 Å². The van der Waals surface area contributed by atoms with Crippen molar-refractivity contribution >= 4 is 23.4 Å². The Balaban J connectivity index is 1.20. The van der Waals surface area contributed by atoms with Gasteiger partial charge in [0.2, 0.25) is 5.91 Å². The number of amides is 1. The first-order valence-electron chi connectivity index (χ1n) is 20.5. The van der Waals surface area contributed by atoms with Crippen LogP contribution in [0.2, 0.25) is 0 Å². The number of aromatic carboxylic acids is 1. The van der Waals surface area contributed by atoms with Gasteiger partial charge in [-0.1, -0.05) is 65.8 Å². The number of carboxylic acids is 2. The fourth-order valence-electron chi connectivity index (χ4n) is 13.8. The molecule has 5 aliphatic rings. The molecule has 0 spiro atoms. The van der Waals surface area contributed by atoms with Gasteiger partial charge in [0.15, 0.2) is 0 Å². The second-order valence-corrected chi connectivity index (χ2v) is 18.8. The molecule has 4 saturated carbocycles. The number of aliphatic carboxylic acids is 1. The van der Waals surface area contributed by atoms with Crippen molar-refractivity contribution in [3.05, 3.63) is 54.1 Å². The fraction of sp³-hybridized carbons (Fsp3) is 0.711. The Hall–Kier alpha value is -2.93. The average molecular weight is 715 g/mol. The molecule has 1 aromatic carbocycles. The van der Waals surface area contributed by atoms with Crippen molar-refractivity contribution in [3.8, 4) is 0 Å². The molecule has 0 saturated heterocycles. The summed E-state index contributed by atoms with van der Waals surface area (Å²) in [6, 6.07) is 7.51. The molecule has 0 radical (unpaired) electrons. The van der Waals surface area contributed by atoms with Crippen LogP contribution in [0.4, 0.5) is 0 Å². The summed E-state index contributed by atoms with van der Waals surface area (Å²) in [5.74, 6) is 0.991. The Morgan fingerprint density at radius 2 is 1.60 bits per heavy atom. The first-order valence-corrected chi connectivity index (χ1v) is 20.5. The van der Waals surface area contributed by atoms with Crippen LogP contribution in [0, 0.1) is 56.7 Å². The summed E-state index contributed by atoms with van der Waals surface area (Å²) in [5.41, 5.74) is 3.02. The highest BCUT2D eigenvalue weighted by atomic mass is 16.4. The Kier molecular flexibility index (Phi) is 10.7. The number of carbonyl (C=O) groups excluding carboxylic acids is 1. The van der Waals surface area contributed by atoms with Gasteiger partial charge in [0.25, 0.3) is 0 Å². The molecule has 0 bridgehead atoms. The van der Waals surface area contributed by atoms with E-state index in [-0.39, 0.29) is 39.4 Å². The van der Waals surface area contributed by atoms with E-state index in [1.807, 2.05) is 12.1 Å². The van der Waals surface area contributed by atoms with Crippen molar-refractivity contribution < 1.29 is 24.6 Å². The van der Waals surface area contributed by atoms with Crippen LogP contribution in [-0.4, -0.2) is 59.1 Å². The molecule has 6 rings (SSSR count). The number of allylic oxidation sites excluding steroid dienone is 3. The zero-order chi connectivity index (χ0) is 37.7. The van der Waals surface area contributed by atoms with Gasteiger partial charge in [-0.25, -0.2) is 4.79 Å². The van der Waals surface area contributed by atoms with Crippen LogP contribution in [0.25, 0.3) is 5.57 Å². The highest BCUT2D eigenvalue weighted by molar-refractivity contribution is 5.88. The standard InChI is InChI=1S/C45H66N2O5/c1-8-30-19-24-45(40(52)46-27-11-29-47(9-2)28-10-12-37(48)49)26-25-43(6)34(38(30)45)17-18-36-42(5)22-20-33(31-13-15-32(16-14-31)39(50)51)41(3,4)35(42)21-23-44(36,43)7/h8,13-16,20,30,34-36,38H,1,9-12,17-19,21-29H2,2-7H3,(H,46,52)(H,48,49)(H,50,51)/t30-,34-,35+,36-,38-,42+,43-,44-,45+/m1/s1. The maximum Gasteiger partial charge on any atom is 0.335 e. The summed E-state index contributed by atoms with van der Waals surface area (Å²) in [5, 5.41) is 21.9. The fourth-order valence-corrected chi connectivity index (χ4v) is 13.8. The highest BCUT2D eigenvalue weighted by Crippen LogP contribution is 2.77. The Morgan fingerprint density at radius 1 is 0.885 bits per heavy atom. The lowest BCUT2D eigenvalue weighted by Gasteiger charge is -2.72. The number of fused-ring (bicyclic) bond motifs is 7. The van der Waals surface area contributed by atoms with E-state index in [0.717, 1.165) is 63.7 Å². The lowest BCUT2D eigenvalue weighted by atomic mass is 9.32. The number of hydrogen-bond donors (Lipinski definition) is 3. The maximum absolute atomic E-state index is 14.4. The van der Waals surface area contributed by atoms with Gasteiger partial charge in [0, 0.05) is 13.0 Å². The summed E-state index contributed by atoms with van der Waals surface area (Å²) in [6.45, 7) is 22.4. The minimum atomic E-state index is -0.883. The predicted octanol–water partition coefficient (Wildman–Crippen LogP) is 9.34. The highest BCUT2D eigenvalue weighted by Gasteiger charge is 2.71. The van der Waals surface area contributed by atoms with Gasteiger partial charge in [-0.3, -0.25) is 9.59 Å². The molecule has 1 aromatic rings. The van der Waals surface area contributed by atoms with E-state index in [9.17, 15) is 19.5 Å². The molecule has 0 heterocycles. The lowest BCUT2D eigenvalue weighted by molar-refractivity contribution is -0.224. The van der Waals surface area contributed by atoms with Crippen LogP contribution in [-0.2, 0) is 9.59 Å². The molecule has 3 N–H and O–H groups in total. The first-order chi connectivity index (χ1) is 24.6. The smallest absolute Gasteiger partial charge is 0.335 e. The largest absolute Gasteiger partial charge is 0.481 e. The summed E-state index contributed by atoms with van der Waals surface area (Å²) >= 11 is 0. The van der Waals surface area contributed by atoms with E-state index in [4.69, 9.17) is 5.11 Å². The van der Waals surface area contributed by atoms with Gasteiger partial charge in [-0.05, 0) is 165 Å². The molecule has 0 unspecified atom stereocenters. The second kappa shape index (κ2) is 14.4. The zero-order valence-corrected chi connectivity index (χ0v) is 32.9. The second-order valence-electron chi connectivity index (χ2n) is 18.8. The Labute approximate surface area is 313 Å². The lowest BCUT2D eigenvalue weighted by Crippen LogP contribution is -2.66. The van der Waals surface area contributed by atoms with Crippen LogP contribution in [0.3, 0.4) is 0 Å². The van der Waals surface area contributed by atoms with Crippen molar-refractivity contribution in [1.29, 1.82) is 0 Å². The van der Waals surface area contributed by atoms with Gasteiger partial charge in [-0.2, -0.15) is 0 Å². The van der Waals surface area contributed by atoms with Crippen molar-refractivity contribution in [1.82, 2.24) is 10.2 Å². The maximum atomic E-state index is 14.4. The van der Waals surface area contributed by atoms with E-state index >= 15 is 0 Å². The summed E-state index contributed by atoms with van der Waals surface area (Å²) in [6.07, 6.45) is 16.3. The van der Waals surface area contributed by atoms with Crippen LogP contribution < -0.4 is 5.32 Å². The van der Waals surface area contributed by atoms with E-state index in [1.165, 1.54) is 31.3 Å². The summed E-state index contributed by atoms with van der Waals surface area (Å²) in [7, 11) is 0. The number of carbonyl (C=O) groups is 3. The van der Waals surface area contributed by atoms with E-state index < -0.39 is 11.9 Å². The minimum absolute atomic E-state index is 0.0251. The van der Waals surface area contributed by atoms with Crippen LogP contribution in [0.5, 0.6) is 0 Å². The van der Waals surface area contributed by atoms with Crippen LogP contribution >= 0.6 is 0 Å². The van der Waals surface area contributed by atoms with Crippen molar-refractivity contribution in [2.45, 2.75) is 119 Å². The SMILES string of the molecule is C=C[C@@H]1CC[C@]2(C(=O)NCCCN(CC)CCCC(=O)O)CC[C@]3(C)[C@H](CC[C@@H]4[C@@]5(C)CC=C(c6ccc(C(=O)O)cc6)C(C)(C)[C@@H]5CC[C@]43C)[C@@H]12. The molecule has 52 heavy (non-hydrogen) atoms. The van der Waals surface area contributed by atoms with Crippen LogP contribution in [0.1, 0.15) is 135 Å². The van der Waals surface area contributed by atoms with Gasteiger partial charge in [0.1, 0.15) is 0 Å². The molecular weight excluding hydrogens is 649 g/mol. The third-order valence-electron chi connectivity index (χ3n) is 16.5. The average Bonchev–Trinajstić information content (AvgIpc) is 3.49. The molecule has 0 aliphatic heterocycles. The van der Waals surface area contributed by atoms with Crippen molar-refractivity contribution in [2.75, 3.05) is 26.2 Å².